The van der Waals surface area contributed by atoms with Gasteiger partial charge in [-0.15, -0.1) is 5.10 Å². The van der Waals surface area contributed by atoms with Gasteiger partial charge < -0.3 is 0 Å². The average molecular weight is 341 g/mol. The molecule has 0 amide bonds. The van der Waals surface area contributed by atoms with Crippen molar-refractivity contribution in [2.24, 2.45) is 0 Å². The van der Waals surface area contributed by atoms with Crippen molar-refractivity contribution in [3.8, 4) is 17.2 Å². The van der Waals surface area contributed by atoms with E-state index in [9.17, 15) is 4.79 Å². The van der Waals surface area contributed by atoms with Crippen LogP contribution in [0, 0.1) is 0 Å². The quantitative estimate of drug-likeness (QED) is 0.487. The Bertz CT molecular complexity index is 1290. The molecule has 0 saturated carbocycles. The second kappa shape index (κ2) is 5.55. The molecular formula is C18H11N7O. The molecule has 5 aromatic heterocycles. The first-order valence-corrected chi connectivity index (χ1v) is 7.90. The summed E-state index contributed by atoms with van der Waals surface area (Å²) in [6, 6.07) is 10.9. The van der Waals surface area contributed by atoms with Crippen LogP contribution in [0.2, 0.25) is 0 Å². The lowest BCUT2D eigenvalue weighted by molar-refractivity contribution is 0.934. The molecule has 0 aliphatic carbocycles. The maximum absolute atomic E-state index is 12.9. The zero-order valence-corrected chi connectivity index (χ0v) is 13.4. The standard InChI is InChI=1S/C18H11N7O/c26-17-13-11-21-18-22-16(12-4-8-19-9-5-12)23-25(18)14(13)6-10-24(17)15-3-1-2-7-20-15/h1-11H. The number of hydrogen-bond donors (Lipinski definition) is 0. The minimum Gasteiger partial charge on any atom is -0.268 e. The number of nitrogens with zero attached hydrogens (tertiary/aromatic N) is 7. The molecule has 5 heterocycles. The van der Waals surface area contributed by atoms with Crippen LogP contribution in [0.3, 0.4) is 0 Å². The molecule has 0 radical (unpaired) electrons. The molecule has 0 unspecified atom stereocenters. The van der Waals surface area contributed by atoms with Crippen LogP contribution in [-0.2, 0) is 0 Å². The molecule has 0 N–H and O–H groups in total. The molecule has 0 aliphatic heterocycles. The second-order valence-corrected chi connectivity index (χ2v) is 5.62. The summed E-state index contributed by atoms with van der Waals surface area (Å²) in [5, 5.41) is 4.95. The third-order valence-corrected chi connectivity index (χ3v) is 4.07. The maximum Gasteiger partial charge on any atom is 0.267 e. The van der Waals surface area contributed by atoms with Crippen molar-refractivity contribution in [3.63, 3.8) is 0 Å². The molecule has 26 heavy (non-hydrogen) atoms. The van der Waals surface area contributed by atoms with E-state index in [1.807, 2.05) is 24.3 Å². The van der Waals surface area contributed by atoms with Crippen molar-refractivity contribution < 1.29 is 0 Å². The van der Waals surface area contributed by atoms with Gasteiger partial charge in [-0.25, -0.2) is 9.97 Å². The van der Waals surface area contributed by atoms with Crippen LogP contribution >= 0.6 is 0 Å². The first-order chi connectivity index (χ1) is 12.8. The summed E-state index contributed by atoms with van der Waals surface area (Å²) in [5.74, 6) is 1.51. The Morgan fingerprint density at radius 3 is 2.62 bits per heavy atom. The van der Waals surface area contributed by atoms with E-state index in [-0.39, 0.29) is 5.56 Å². The predicted octanol–water partition coefficient (Wildman–Crippen LogP) is 1.89. The fourth-order valence-electron chi connectivity index (χ4n) is 2.82. The van der Waals surface area contributed by atoms with Gasteiger partial charge in [-0.05, 0) is 30.3 Å². The largest absolute Gasteiger partial charge is 0.268 e. The van der Waals surface area contributed by atoms with Crippen LogP contribution in [0.25, 0.3) is 33.9 Å². The van der Waals surface area contributed by atoms with E-state index in [2.05, 4.69) is 25.0 Å². The summed E-state index contributed by atoms with van der Waals surface area (Å²) in [7, 11) is 0. The van der Waals surface area contributed by atoms with Crippen LogP contribution in [0.1, 0.15) is 0 Å². The van der Waals surface area contributed by atoms with Crippen LogP contribution in [0.5, 0.6) is 0 Å². The van der Waals surface area contributed by atoms with Gasteiger partial charge in [0.1, 0.15) is 5.82 Å². The third-order valence-electron chi connectivity index (χ3n) is 4.07. The van der Waals surface area contributed by atoms with Gasteiger partial charge in [-0.1, -0.05) is 6.07 Å². The van der Waals surface area contributed by atoms with Crippen LogP contribution in [0.15, 0.2) is 72.2 Å². The smallest absolute Gasteiger partial charge is 0.267 e. The minimum atomic E-state index is -0.212. The van der Waals surface area contributed by atoms with Crippen LogP contribution < -0.4 is 5.56 Å². The Kier molecular flexibility index (Phi) is 3.08. The molecule has 0 aliphatic rings. The van der Waals surface area contributed by atoms with E-state index < -0.39 is 0 Å². The molecule has 0 spiro atoms. The second-order valence-electron chi connectivity index (χ2n) is 5.62. The van der Waals surface area contributed by atoms with E-state index >= 15 is 0 Å². The van der Waals surface area contributed by atoms with Crippen molar-refractivity contribution >= 4 is 16.7 Å². The highest BCUT2D eigenvalue weighted by molar-refractivity contribution is 5.79. The van der Waals surface area contributed by atoms with Crippen molar-refractivity contribution in [2.75, 3.05) is 0 Å². The van der Waals surface area contributed by atoms with E-state index in [4.69, 9.17) is 0 Å². The third kappa shape index (κ3) is 2.16. The highest BCUT2D eigenvalue weighted by atomic mass is 16.1. The summed E-state index contributed by atoms with van der Waals surface area (Å²) in [5.41, 5.74) is 1.26. The monoisotopic (exact) mass is 341 g/mol. The fourth-order valence-corrected chi connectivity index (χ4v) is 2.82. The average Bonchev–Trinajstić information content (AvgIpc) is 3.14. The number of hydrogen-bond acceptors (Lipinski definition) is 6. The zero-order valence-electron chi connectivity index (χ0n) is 13.4. The molecular weight excluding hydrogens is 330 g/mol. The van der Waals surface area contributed by atoms with Crippen molar-refractivity contribution in [1.82, 2.24) is 34.1 Å². The zero-order chi connectivity index (χ0) is 17.5. The molecule has 124 valence electrons. The number of rotatable bonds is 2. The van der Waals surface area contributed by atoms with Crippen molar-refractivity contribution in [3.05, 3.63) is 77.7 Å². The molecule has 0 atom stereocenters. The molecule has 0 aromatic carbocycles. The summed E-state index contributed by atoms with van der Waals surface area (Å²) in [4.78, 5) is 29.8. The molecule has 0 bridgehead atoms. The first-order valence-electron chi connectivity index (χ1n) is 7.90. The van der Waals surface area contributed by atoms with Crippen LogP contribution in [-0.4, -0.2) is 34.1 Å². The Hall–Kier alpha value is -3.94. The van der Waals surface area contributed by atoms with E-state index in [1.165, 1.54) is 10.8 Å². The fraction of sp³-hybridized carbons (Fsp3) is 0. The highest BCUT2D eigenvalue weighted by Gasteiger charge is 2.13. The summed E-state index contributed by atoms with van der Waals surface area (Å²) in [6.45, 7) is 0. The Labute approximate surface area is 146 Å². The molecule has 5 rings (SSSR count). The summed E-state index contributed by atoms with van der Waals surface area (Å²) < 4.78 is 3.06. The number of fused-ring (bicyclic) bond motifs is 3. The van der Waals surface area contributed by atoms with Gasteiger partial charge in [0, 0.05) is 36.5 Å². The number of aromatic nitrogens is 7. The predicted molar refractivity (Wildman–Crippen MR) is 94.9 cm³/mol. The Balaban J connectivity index is 1.75. The molecule has 0 fully saturated rings. The minimum absolute atomic E-state index is 0.212. The van der Waals surface area contributed by atoms with Gasteiger partial charge in [0.15, 0.2) is 5.82 Å². The Morgan fingerprint density at radius 2 is 1.81 bits per heavy atom. The molecule has 5 aromatic rings. The summed E-state index contributed by atoms with van der Waals surface area (Å²) >= 11 is 0. The normalized spacial score (nSPS) is 11.2. The highest BCUT2D eigenvalue weighted by Crippen LogP contribution is 2.17. The number of pyridine rings is 3. The van der Waals surface area contributed by atoms with Gasteiger partial charge in [-0.3, -0.25) is 14.3 Å². The van der Waals surface area contributed by atoms with Crippen molar-refractivity contribution in [1.29, 1.82) is 0 Å². The van der Waals surface area contributed by atoms with E-state index in [1.54, 1.807) is 41.4 Å². The maximum atomic E-state index is 12.9. The van der Waals surface area contributed by atoms with Crippen LogP contribution in [0.4, 0.5) is 0 Å². The Morgan fingerprint density at radius 1 is 0.923 bits per heavy atom. The van der Waals surface area contributed by atoms with Crippen molar-refractivity contribution in [2.45, 2.75) is 0 Å². The summed E-state index contributed by atoms with van der Waals surface area (Å²) in [6.07, 6.45) is 8.21. The van der Waals surface area contributed by atoms with Gasteiger partial charge in [0.2, 0.25) is 0 Å². The van der Waals surface area contributed by atoms with Gasteiger partial charge in [0.25, 0.3) is 11.3 Å². The molecule has 8 nitrogen and oxygen atoms in total. The van der Waals surface area contributed by atoms with E-state index in [0.717, 1.165) is 5.56 Å². The first kappa shape index (κ1) is 14.4. The molecule has 0 saturated heterocycles. The SMILES string of the molecule is O=c1c2cnc3nc(-c4ccncc4)nn3c2ccn1-c1ccccn1. The van der Waals surface area contributed by atoms with Gasteiger partial charge >= 0.3 is 0 Å². The van der Waals surface area contributed by atoms with E-state index in [0.29, 0.717) is 28.3 Å². The lowest BCUT2D eigenvalue weighted by atomic mass is 10.3. The lowest BCUT2D eigenvalue weighted by Crippen LogP contribution is -2.19. The van der Waals surface area contributed by atoms with Gasteiger partial charge in [0.05, 0.1) is 10.9 Å². The van der Waals surface area contributed by atoms with Gasteiger partial charge in [-0.2, -0.15) is 9.50 Å². The topological polar surface area (TPSA) is 90.9 Å². The lowest BCUT2D eigenvalue weighted by Gasteiger charge is -2.06. The molecule has 8 heteroatoms.